The van der Waals surface area contributed by atoms with E-state index in [2.05, 4.69) is 15.3 Å². The maximum atomic E-state index is 12.3. The third kappa shape index (κ3) is 3.13. The fourth-order valence-electron chi connectivity index (χ4n) is 3.94. The second-order valence-corrected chi connectivity index (χ2v) is 7.20. The number of nitrogens with one attached hydrogen (secondary N) is 1. The van der Waals surface area contributed by atoms with E-state index in [4.69, 9.17) is 14.3 Å². The monoisotopic (exact) mass is 385 g/mol. The molecular formula is C20H23N3O5. The molecule has 1 fully saturated rings. The summed E-state index contributed by atoms with van der Waals surface area (Å²) in [6, 6.07) is 6.36. The second-order valence-electron chi connectivity index (χ2n) is 7.20. The third-order valence-electron chi connectivity index (χ3n) is 5.47. The van der Waals surface area contributed by atoms with Crippen LogP contribution in [-0.2, 0) is 23.9 Å². The topological polar surface area (TPSA) is 91.7 Å². The largest absolute Gasteiger partial charge is 0.469 e. The van der Waals surface area contributed by atoms with Gasteiger partial charge in [-0.15, -0.1) is 0 Å². The molecule has 0 spiro atoms. The van der Waals surface area contributed by atoms with Crippen molar-refractivity contribution < 1.29 is 23.9 Å². The Hall–Kier alpha value is -2.87. The lowest BCUT2D eigenvalue weighted by Gasteiger charge is -2.20. The Labute approximate surface area is 162 Å². The van der Waals surface area contributed by atoms with Gasteiger partial charge in [-0.2, -0.15) is 5.10 Å². The molecule has 4 rings (SSSR count). The van der Waals surface area contributed by atoms with Gasteiger partial charge in [0.2, 0.25) is 5.60 Å². The molecule has 0 saturated heterocycles. The van der Waals surface area contributed by atoms with E-state index in [0.717, 1.165) is 29.3 Å². The summed E-state index contributed by atoms with van der Waals surface area (Å²) in [7, 11) is 2.52. The molecule has 2 aliphatic rings. The van der Waals surface area contributed by atoms with Gasteiger partial charge in [-0.05, 0) is 25.0 Å². The number of methoxy groups -OCH3 is 2. The van der Waals surface area contributed by atoms with Crippen molar-refractivity contribution in [1.82, 2.24) is 15.3 Å². The molecule has 1 aromatic heterocycles. The van der Waals surface area contributed by atoms with Crippen molar-refractivity contribution >= 4 is 28.5 Å². The maximum absolute atomic E-state index is 12.3. The number of hydrogen-bond donors (Lipinski definition) is 1. The van der Waals surface area contributed by atoms with E-state index in [1.165, 1.54) is 27.1 Å². The predicted molar refractivity (Wildman–Crippen MR) is 101 cm³/mol. The molecule has 0 bridgehead atoms. The Morgan fingerprint density at radius 1 is 1.29 bits per heavy atom. The highest BCUT2D eigenvalue weighted by Crippen LogP contribution is 2.34. The molecule has 1 unspecified atom stereocenters. The van der Waals surface area contributed by atoms with Crippen LogP contribution in [0.2, 0.25) is 0 Å². The van der Waals surface area contributed by atoms with Gasteiger partial charge in [0, 0.05) is 10.9 Å². The number of hydroxylamine groups is 1. The van der Waals surface area contributed by atoms with Crippen LogP contribution >= 0.6 is 0 Å². The van der Waals surface area contributed by atoms with Gasteiger partial charge >= 0.3 is 11.9 Å². The van der Waals surface area contributed by atoms with Crippen molar-refractivity contribution in [3.05, 3.63) is 36.0 Å². The molecule has 148 valence electrons. The zero-order chi connectivity index (χ0) is 19.7. The van der Waals surface area contributed by atoms with Crippen LogP contribution in [0, 0.1) is 0 Å². The zero-order valence-corrected chi connectivity index (χ0v) is 15.9. The number of aromatic nitrogens is 2. The number of rotatable bonds is 5. The van der Waals surface area contributed by atoms with Crippen LogP contribution in [0.15, 0.2) is 30.5 Å². The quantitative estimate of drug-likeness (QED) is 0.791. The van der Waals surface area contributed by atoms with Crippen LogP contribution in [0.5, 0.6) is 0 Å². The Balaban J connectivity index is 1.70. The van der Waals surface area contributed by atoms with Crippen LogP contribution in [0.25, 0.3) is 16.6 Å². The van der Waals surface area contributed by atoms with Crippen LogP contribution in [0.4, 0.5) is 0 Å². The van der Waals surface area contributed by atoms with E-state index < -0.39 is 17.5 Å². The van der Waals surface area contributed by atoms with Gasteiger partial charge in [0.1, 0.15) is 0 Å². The van der Waals surface area contributed by atoms with E-state index in [-0.39, 0.29) is 6.42 Å². The summed E-state index contributed by atoms with van der Waals surface area (Å²) < 4.78 is 11.6. The first-order valence-corrected chi connectivity index (χ1v) is 9.36. The van der Waals surface area contributed by atoms with E-state index in [9.17, 15) is 9.59 Å². The lowest BCUT2D eigenvalue weighted by molar-refractivity contribution is -0.172. The molecule has 0 radical (unpaired) electrons. The molecule has 2 aromatic rings. The summed E-state index contributed by atoms with van der Waals surface area (Å²) in [6.45, 7) is 0. The zero-order valence-electron chi connectivity index (χ0n) is 15.9. The van der Waals surface area contributed by atoms with Crippen molar-refractivity contribution in [2.45, 2.75) is 43.7 Å². The summed E-state index contributed by atoms with van der Waals surface area (Å²) in [5.74, 6) is -1.24. The van der Waals surface area contributed by atoms with E-state index in [1.807, 2.05) is 24.4 Å². The molecule has 1 aromatic carbocycles. The average Bonchev–Trinajstić information content (AvgIpc) is 3.46. The standard InChI is InChI=1S/C20H23N3O5/c1-26-18(24)11-20(19(25)27-2)10-16(22-28-20)13-7-8-14-12-21-23(17(14)9-13)15-5-3-4-6-15/h7-10,12,15,22H,3-6,11H2,1-2H3. The molecule has 8 heteroatoms. The van der Waals surface area contributed by atoms with E-state index in [1.54, 1.807) is 6.08 Å². The Morgan fingerprint density at radius 3 is 2.79 bits per heavy atom. The van der Waals surface area contributed by atoms with Crippen molar-refractivity contribution in [3.63, 3.8) is 0 Å². The maximum Gasteiger partial charge on any atom is 0.345 e. The summed E-state index contributed by atoms with van der Waals surface area (Å²) in [5.41, 5.74) is 3.69. The molecule has 1 atom stereocenters. The Morgan fingerprint density at radius 2 is 2.07 bits per heavy atom. The summed E-state index contributed by atoms with van der Waals surface area (Å²) in [6.07, 6.45) is 7.89. The van der Waals surface area contributed by atoms with E-state index in [0.29, 0.717) is 11.7 Å². The highest BCUT2D eigenvalue weighted by Gasteiger charge is 2.46. The lowest BCUT2D eigenvalue weighted by Crippen LogP contribution is -2.42. The molecule has 1 aliphatic heterocycles. The summed E-state index contributed by atoms with van der Waals surface area (Å²) in [5, 5.41) is 5.64. The number of ether oxygens (including phenoxy) is 2. The van der Waals surface area contributed by atoms with Crippen molar-refractivity contribution in [3.8, 4) is 0 Å². The first kappa shape index (κ1) is 18.5. The van der Waals surface area contributed by atoms with Crippen LogP contribution in [0.1, 0.15) is 43.7 Å². The minimum atomic E-state index is -1.56. The second kappa shape index (κ2) is 7.27. The summed E-state index contributed by atoms with van der Waals surface area (Å²) >= 11 is 0. The van der Waals surface area contributed by atoms with E-state index >= 15 is 0 Å². The fourth-order valence-corrected chi connectivity index (χ4v) is 3.94. The highest BCUT2D eigenvalue weighted by molar-refractivity contribution is 5.92. The number of nitrogens with zero attached hydrogens (tertiary/aromatic N) is 2. The first-order valence-electron chi connectivity index (χ1n) is 9.36. The number of carbonyl (C=O) groups excluding carboxylic acids is 2. The molecule has 0 amide bonds. The molecule has 1 saturated carbocycles. The van der Waals surface area contributed by atoms with Gasteiger partial charge in [-0.3, -0.25) is 19.8 Å². The van der Waals surface area contributed by atoms with Gasteiger partial charge in [0.25, 0.3) is 0 Å². The minimum Gasteiger partial charge on any atom is -0.469 e. The minimum absolute atomic E-state index is 0.283. The van der Waals surface area contributed by atoms with Crippen LogP contribution in [-0.4, -0.2) is 41.5 Å². The molecule has 2 heterocycles. The Kier molecular flexibility index (Phi) is 4.80. The smallest absolute Gasteiger partial charge is 0.345 e. The fraction of sp³-hybridized carbons (Fsp3) is 0.450. The van der Waals surface area contributed by atoms with Gasteiger partial charge < -0.3 is 9.47 Å². The summed E-state index contributed by atoms with van der Waals surface area (Å²) in [4.78, 5) is 29.6. The highest BCUT2D eigenvalue weighted by atomic mass is 16.7. The number of esters is 2. The normalized spacial score (nSPS) is 22.1. The van der Waals surface area contributed by atoms with Crippen LogP contribution < -0.4 is 5.48 Å². The van der Waals surface area contributed by atoms with Crippen LogP contribution in [0.3, 0.4) is 0 Å². The average molecular weight is 385 g/mol. The Bertz CT molecular complexity index is 944. The van der Waals surface area contributed by atoms with Gasteiger partial charge in [0.15, 0.2) is 0 Å². The molecular weight excluding hydrogens is 362 g/mol. The van der Waals surface area contributed by atoms with Crippen molar-refractivity contribution in [2.75, 3.05) is 14.2 Å². The lowest BCUT2D eigenvalue weighted by atomic mass is 9.97. The van der Waals surface area contributed by atoms with Gasteiger partial charge in [0.05, 0.1) is 44.1 Å². The van der Waals surface area contributed by atoms with Crippen molar-refractivity contribution in [1.29, 1.82) is 0 Å². The molecule has 8 nitrogen and oxygen atoms in total. The SMILES string of the molecule is COC(=O)CC1(C(=O)OC)C=C(c2ccc3cnn(C4CCCC4)c3c2)NO1. The third-order valence-corrected chi connectivity index (χ3v) is 5.47. The van der Waals surface area contributed by atoms with Gasteiger partial charge in [-0.1, -0.05) is 25.0 Å². The van der Waals surface area contributed by atoms with Crippen molar-refractivity contribution in [2.24, 2.45) is 0 Å². The molecule has 1 N–H and O–H groups in total. The number of benzene rings is 1. The first-order chi connectivity index (χ1) is 13.6. The molecule has 1 aliphatic carbocycles. The molecule has 28 heavy (non-hydrogen) atoms. The number of carbonyl (C=O) groups is 2. The van der Waals surface area contributed by atoms with Gasteiger partial charge in [-0.25, -0.2) is 4.79 Å². The predicted octanol–water partition coefficient (Wildman–Crippen LogP) is 2.50. The number of fused-ring (bicyclic) bond motifs is 1. The number of hydrogen-bond acceptors (Lipinski definition) is 7.